The Morgan fingerprint density at radius 1 is 1.38 bits per heavy atom. The van der Waals surface area contributed by atoms with E-state index in [-0.39, 0.29) is 16.8 Å². The van der Waals surface area contributed by atoms with E-state index in [0.717, 1.165) is 23.2 Å². The lowest BCUT2D eigenvalue weighted by atomic mass is 10.0. The van der Waals surface area contributed by atoms with Crippen molar-refractivity contribution in [2.75, 3.05) is 25.9 Å². The number of piperazine rings is 1. The Bertz CT molecular complexity index is 864. The first kappa shape index (κ1) is 17.4. The molecule has 24 heavy (non-hydrogen) atoms. The van der Waals surface area contributed by atoms with Crippen LogP contribution in [0.15, 0.2) is 40.6 Å². The predicted molar refractivity (Wildman–Crippen MR) is 95.5 cm³/mol. The highest BCUT2D eigenvalue weighted by molar-refractivity contribution is 7.90. The minimum Gasteiger partial charge on any atom is -0.328 e. The summed E-state index contributed by atoms with van der Waals surface area (Å²) in [5.41, 5.74) is 0.889. The maximum Gasteiger partial charge on any atom is 0.264 e. The number of hydrogen-bond acceptors (Lipinski definition) is 5. The van der Waals surface area contributed by atoms with E-state index in [2.05, 4.69) is 5.32 Å². The second kappa shape index (κ2) is 6.84. The van der Waals surface area contributed by atoms with Crippen LogP contribution in [0.4, 0.5) is 0 Å². The highest BCUT2D eigenvalue weighted by Crippen LogP contribution is 2.31. The average Bonchev–Trinajstić information content (AvgIpc) is 3.05. The number of carbonyl (C=O) groups excluding carboxylic acids is 1. The van der Waals surface area contributed by atoms with Crippen LogP contribution in [0.5, 0.6) is 0 Å². The van der Waals surface area contributed by atoms with Gasteiger partial charge in [0.25, 0.3) is 5.91 Å². The molecule has 0 bridgehead atoms. The van der Waals surface area contributed by atoms with Crippen molar-refractivity contribution in [1.82, 2.24) is 10.2 Å². The number of benzene rings is 1. The van der Waals surface area contributed by atoms with Gasteiger partial charge in [0.1, 0.15) is 0 Å². The molecule has 1 N–H and O–H groups in total. The molecule has 1 unspecified atom stereocenters. The number of thiophene rings is 1. The van der Waals surface area contributed by atoms with Crippen molar-refractivity contribution in [3.05, 3.63) is 51.2 Å². The average molecular weight is 385 g/mol. The Balaban J connectivity index is 1.92. The summed E-state index contributed by atoms with van der Waals surface area (Å²) in [5, 5.41) is 5.41. The zero-order chi connectivity index (χ0) is 17.3. The minimum atomic E-state index is -3.31. The Labute approximate surface area is 150 Å². The van der Waals surface area contributed by atoms with Crippen LogP contribution >= 0.6 is 22.9 Å². The molecule has 3 rings (SSSR count). The Morgan fingerprint density at radius 3 is 2.79 bits per heavy atom. The normalized spacial score (nSPS) is 18.6. The van der Waals surface area contributed by atoms with Crippen LogP contribution in [0.1, 0.15) is 21.3 Å². The Morgan fingerprint density at radius 2 is 2.12 bits per heavy atom. The van der Waals surface area contributed by atoms with Gasteiger partial charge in [0.2, 0.25) is 0 Å². The molecule has 128 valence electrons. The largest absolute Gasteiger partial charge is 0.328 e. The zero-order valence-corrected chi connectivity index (χ0v) is 15.4. The smallest absolute Gasteiger partial charge is 0.264 e. The highest BCUT2D eigenvalue weighted by atomic mass is 35.5. The van der Waals surface area contributed by atoms with Gasteiger partial charge in [-0.15, -0.1) is 11.3 Å². The first-order valence-electron chi connectivity index (χ1n) is 7.42. The molecule has 1 amide bonds. The van der Waals surface area contributed by atoms with E-state index in [0.29, 0.717) is 29.5 Å². The van der Waals surface area contributed by atoms with E-state index in [1.165, 1.54) is 11.4 Å². The van der Waals surface area contributed by atoms with Crippen LogP contribution in [-0.4, -0.2) is 45.1 Å². The quantitative estimate of drug-likeness (QED) is 0.883. The van der Waals surface area contributed by atoms with E-state index in [1.807, 2.05) is 18.2 Å². The van der Waals surface area contributed by atoms with Crippen molar-refractivity contribution >= 4 is 38.7 Å². The van der Waals surface area contributed by atoms with Crippen molar-refractivity contribution in [3.8, 4) is 0 Å². The molecule has 8 heteroatoms. The third-order valence-corrected chi connectivity index (χ3v) is 6.49. The molecule has 1 aromatic carbocycles. The topological polar surface area (TPSA) is 66.5 Å². The van der Waals surface area contributed by atoms with Gasteiger partial charge < -0.3 is 10.2 Å². The van der Waals surface area contributed by atoms with Crippen molar-refractivity contribution in [2.45, 2.75) is 10.9 Å². The molecule has 0 radical (unpaired) electrons. The molecule has 0 spiro atoms. The first-order valence-corrected chi connectivity index (χ1v) is 10.6. The van der Waals surface area contributed by atoms with E-state index in [9.17, 15) is 13.2 Å². The molecular weight excluding hydrogens is 368 g/mol. The second-order valence-corrected chi connectivity index (χ2v) is 8.99. The summed E-state index contributed by atoms with van der Waals surface area (Å²) in [4.78, 5) is 15.3. The van der Waals surface area contributed by atoms with E-state index in [4.69, 9.17) is 11.6 Å². The van der Waals surface area contributed by atoms with Crippen LogP contribution in [0.25, 0.3) is 0 Å². The summed E-state index contributed by atoms with van der Waals surface area (Å²) in [6.45, 7) is 1.84. The van der Waals surface area contributed by atoms with Gasteiger partial charge in [-0.2, -0.15) is 0 Å². The number of amides is 1. The number of sulfone groups is 1. The molecule has 1 atom stereocenters. The summed E-state index contributed by atoms with van der Waals surface area (Å²) in [7, 11) is -3.31. The van der Waals surface area contributed by atoms with Gasteiger partial charge in [0.05, 0.1) is 15.8 Å². The van der Waals surface area contributed by atoms with Gasteiger partial charge in [-0.05, 0) is 17.7 Å². The van der Waals surface area contributed by atoms with E-state index < -0.39 is 9.84 Å². The zero-order valence-electron chi connectivity index (χ0n) is 13.0. The van der Waals surface area contributed by atoms with E-state index in [1.54, 1.807) is 11.0 Å². The van der Waals surface area contributed by atoms with Crippen molar-refractivity contribution < 1.29 is 13.2 Å². The van der Waals surface area contributed by atoms with Crippen LogP contribution < -0.4 is 5.32 Å². The number of hydrogen-bond donors (Lipinski definition) is 1. The lowest BCUT2D eigenvalue weighted by molar-refractivity contribution is 0.0639. The molecule has 1 fully saturated rings. The second-order valence-electron chi connectivity index (χ2n) is 5.66. The summed E-state index contributed by atoms with van der Waals surface area (Å²) in [6.07, 6.45) is 1.14. The van der Waals surface area contributed by atoms with Crippen molar-refractivity contribution in [3.63, 3.8) is 0 Å². The Hall–Kier alpha value is -1.41. The summed E-state index contributed by atoms with van der Waals surface area (Å²) >= 11 is 7.45. The molecule has 0 aliphatic carbocycles. The fourth-order valence-corrected chi connectivity index (χ4v) is 4.97. The first-order chi connectivity index (χ1) is 11.4. The highest BCUT2D eigenvalue weighted by Gasteiger charge is 2.30. The standard InChI is InChI=1S/C16H17ClN2O3S2/c1-24(21,22)11-8-15(23-10-11)16(20)19-7-6-18-9-14(19)12-4-2-3-5-13(12)17/h2-5,8,10,14,18H,6-7,9H2,1H3. The molecule has 1 saturated heterocycles. The SMILES string of the molecule is CS(=O)(=O)c1csc(C(=O)N2CCNCC2c2ccccc2Cl)c1. The molecule has 0 saturated carbocycles. The fraction of sp³-hybridized carbons (Fsp3) is 0.312. The molecule has 1 aliphatic heterocycles. The lowest BCUT2D eigenvalue weighted by Crippen LogP contribution is -2.48. The monoisotopic (exact) mass is 384 g/mol. The molecule has 1 aromatic heterocycles. The van der Waals surface area contributed by atoms with Gasteiger partial charge in [-0.25, -0.2) is 8.42 Å². The number of nitrogens with zero attached hydrogens (tertiary/aromatic N) is 1. The third-order valence-electron chi connectivity index (χ3n) is 3.98. The fourth-order valence-electron chi connectivity index (χ4n) is 2.74. The molecule has 2 heterocycles. The van der Waals surface area contributed by atoms with Crippen LogP contribution in [0, 0.1) is 0 Å². The predicted octanol–water partition coefficient (Wildman–Crippen LogP) is 2.59. The van der Waals surface area contributed by atoms with Gasteiger partial charge in [-0.3, -0.25) is 4.79 Å². The molecule has 1 aliphatic rings. The summed E-state index contributed by atoms with van der Waals surface area (Å²) in [5.74, 6) is -0.165. The number of rotatable bonds is 3. The summed E-state index contributed by atoms with van der Waals surface area (Å²) in [6, 6.07) is 8.74. The van der Waals surface area contributed by atoms with Gasteiger partial charge in [0.15, 0.2) is 9.84 Å². The lowest BCUT2D eigenvalue weighted by Gasteiger charge is -2.36. The molecule has 2 aromatic rings. The number of halogens is 1. The van der Waals surface area contributed by atoms with Gasteiger partial charge >= 0.3 is 0 Å². The van der Waals surface area contributed by atoms with Crippen LogP contribution in [0.3, 0.4) is 0 Å². The maximum atomic E-state index is 12.9. The third kappa shape index (κ3) is 3.49. The van der Waals surface area contributed by atoms with Crippen LogP contribution in [-0.2, 0) is 9.84 Å². The molecule has 5 nitrogen and oxygen atoms in total. The number of nitrogens with one attached hydrogen (secondary N) is 1. The van der Waals surface area contributed by atoms with Crippen molar-refractivity contribution in [2.24, 2.45) is 0 Å². The van der Waals surface area contributed by atoms with Gasteiger partial charge in [-0.1, -0.05) is 29.8 Å². The van der Waals surface area contributed by atoms with Crippen LogP contribution in [0.2, 0.25) is 5.02 Å². The number of carbonyl (C=O) groups is 1. The van der Waals surface area contributed by atoms with E-state index >= 15 is 0 Å². The molecular formula is C16H17ClN2O3S2. The van der Waals surface area contributed by atoms with Crippen molar-refractivity contribution in [1.29, 1.82) is 0 Å². The summed E-state index contributed by atoms with van der Waals surface area (Å²) < 4.78 is 23.3. The Kier molecular flexibility index (Phi) is 4.96. The maximum absolute atomic E-state index is 12.9. The minimum absolute atomic E-state index is 0.165. The van der Waals surface area contributed by atoms with Gasteiger partial charge in [0, 0.05) is 36.3 Å².